The maximum atomic E-state index is 13.0. The van der Waals surface area contributed by atoms with Gasteiger partial charge in [-0.25, -0.2) is 0 Å². The first-order valence-corrected chi connectivity index (χ1v) is 11.9. The average molecular weight is 456 g/mol. The van der Waals surface area contributed by atoms with E-state index in [0.29, 0.717) is 17.4 Å². The molecule has 0 radical (unpaired) electrons. The molecule has 4 aliphatic carbocycles. The molecule has 172 valence electrons. The van der Waals surface area contributed by atoms with Crippen molar-refractivity contribution in [2.24, 2.45) is 35.5 Å². The number of carbonyl (C=O) groups excluding carboxylic acids is 4. The van der Waals surface area contributed by atoms with Crippen LogP contribution in [0.4, 0.5) is 0 Å². The number of carbonyl (C=O) groups is 4. The molecule has 2 saturated carbocycles. The topological polar surface area (TPSA) is 80.8 Å². The monoisotopic (exact) mass is 455 g/mol. The maximum absolute atomic E-state index is 13.0. The third-order valence-corrected chi connectivity index (χ3v) is 7.97. The van der Waals surface area contributed by atoms with Gasteiger partial charge in [0.1, 0.15) is 0 Å². The van der Waals surface area contributed by atoms with Gasteiger partial charge in [0.15, 0.2) is 12.4 Å². The van der Waals surface area contributed by atoms with Crippen molar-refractivity contribution in [2.45, 2.75) is 12.8 Å². The fourth-order valence-electron chi connectivity index (χ4n) is 6.22. The van der Waals surface area contributed by atoms with Crippen molar-refractivity contribution in [2.75, 3.05) is 13.2 Å². The van der Waals surface area contributed by atoms with E-state index in [4.69, 9.17) is 4.74 Å². The van der Waals surface area contributed by atoms with Gasteiger partial charge in [-0.05, 0) is 41.2 Å². The summed E-state index contributed by atoms with van der Waals surface area (Å²) in [4.78, 5) is 51.9. The van der Waals surface area contributed by atoms with Crippen LogP contribution in [0, 0.1) is 35.5 Å². The molecule has 2 aromatic carbocycles. The van der Waals surface area contributed by atoms with Crippen molar-refractivity contribution in [3.8, 4) is 11.1 Å². The SMILES string of the molecule is O=C(CCN1C(=O)[C@@H]2[C@@H]3C=C[C@H]([C@H]4C[C@@H]34)[C@@H]2C1=O)OCC(=O)c1ccc(-c2ccccc2)cc1. The third kappa shape index (κ3) is 3.40. The highest BCUT2D eigenvalue weighted by atomic mass is 16.5. The number of likely N-dealkylation sites (tertiary alicyclic amines) is 1. The summed E-state index contributed by atoms with van der Waals surface area (Å²) in [7, 11) is 0. The average Bonchev–Trinajstić information content (AvgIpc) is 3.66. The van der Waals surface area contributed by atoms with E-state index in [2.05, 4.69) is 12.2 Å². The van der Waals surface area contributed by atoms with Gasteiger partial charge in [0.2, 0.25) is 11.8 Å². The largest absolute Gasteiger partial charge is 0.457 e. The van der Waals surface area contributed by atoms with E-state index in [-0.39, 0.29) is 60.8 Å². The second-order valence-corrected chi connectivity index (χ2v) is 9.76. The minimum atomic E-state index is -0.589. The number of hydrogen-bond donors (Lipinski definition) is 0. The summed E-state index contributed by atoms with van der Waals surface area (Å²) < 4.78 is 5.15. The summed E-state index contributed by atoms with van der Waals surface area (Å²) in [5, 5.41) is 0. The highest BCUT2D eigenvalue weighted by Crippen LogP contribution is 2.65. The molecular formula is C28H25NO5. The number of benzene rings is 2. The van der Waals surface area contributed by atoms with Gasteiger partial charge in [-0.1, -0.05) is 66.7 Å². The van der Waals surface area contributed by atoms with Crippen molar-refractivity contribution in [1.82, 2.24) is 4.90 Å². The van der Waals surface area contributed by atoms with Gasteiger partial charge in [-0.2, -0.15) is 0 Å². The number of Topliss-reactive ketones (excluding diaryl/α,β-unsaturated/α-hetero) is 1. The fraction of sp³-hybridized carbons (Fsp3) is 0.357. The Labute approximate surface area is 197 Å². The summed E-state index contributed by atoms with van der Waals surface area (Å²) >= 11 is 0. The Morgan fingerprint density at radius 1 is 0.824 bits per heavy atom. The fourth-order valence-corrected chi connectivity index (χ4v) is 6.22. The summed E-state index contributed by atoms with van der Waals surface area (Å²) in [5.74, 6) is -0.285. The lowest BCUT2D eigenvalue weighted by Gasteiger charge is -2.37. The van der Waals surface area contributed by atoms with Gasteiger partial charge in [0, 0.05) is 12.1 Å². The molecule has 0 N–H and O–H groups in total. The van der Waals surface area contributed by atoms with Gasteiger partial charge in [0.25, 0.3) is 0 Å². The summed E-state index contributed by atoms with van der Waals surface area (Å²) in [6.07, 6.45) is 5.26. The third-order valence-electron chi connectivity index (χ3n) is 7.97. The van der Waals surface area contributed by atoms with E-state index < -0.39 is 5.97 Å². The molecule has 2 aromatic rings. The van der Waals surface area contributed by atoms with Crippen LogP contribution >= 0.6 is 0 Å². The molecule has 2 bridgehead atoms. The second kappa shape index (κ2) is 8.05. The quantitative estimate of drug-likeness (QED) is 0.276. The molecule has 5 aliphatic rings. The Balaban J connectivity index is 1.01. The molecule has 0 aromatic heterocycles. The van der Waals surface area contributed by atoms with Crippen LogP contribution in [0.3, 0.4) is 0 Å². The van der Waals surface area contributed by atoms with Gasteiger partial charge >= 0.3 is 5.97 Å². The van der Waals surface area contributed by atoms with Crippen LogP contribution in [0.25, 0.3) is 11.1 Å². The van der Waals surface area contributed by atoms with E-state index >= 15 is 0 Å². The molecular weight excluding hydrogens is 430 g/mol. The molecule has 6 heteroatoms. The predicted molar refractivity (Wildman–Crippen MR) is 123 cm³/mol. The Morgan fingerprint density at radius 3 is 2.03 bits per heavy atom. The van der Waals surface area contributed by atoms with Crippen LogP contribution < -0.4 is 0 Å². The van der Waals surface area contributed by atoms with Crippen LogP contribution in [-0.2, 0) is 19.1 Å². The zero-order valence-electron chi connectivity index (χ0n) is 18.6. The molecule has 2 amide bonds. The lowest BCUT2D eigenvalue weighted by atomic mass is 9.63. The van der Waals surface area contributed by atoms with E-state index in [1.54, 1.807) is 12.1 Å². The van der Waals surface area contributed by atoms with E-state index in [9.17, 15) is 19.2 Å². The van der Waals surface area contributed by atoms with Crippen LogP contribution in [0.5, 0.6) is 0 Å². The van der Waals surface area contributed by atoms with Gasteiger partial charge < -0.3 is 4.74 Å². The zero-order valence-corrected chi connectivity index (χ0v) is 18.6. The lowest BCUT2D eigenvalue weighted by Crippen LogP contribution is -2.40. The minimum absolute atomic E-state index is 0.0121. The highest BCUT2D eigenvalue weighted by molar-refractivity contribution is 6.06. The van der Waals surface area contributed by atoms with Crippen molar-refractivity contribution in [3.05, 3.63) is 72.3 Å². The Kier molecular flexibility index (Phi) is 4.97. The Bertz CT molecular complexity index is 1170. The molecule has 34 heavy (non-hydrogen) atoms. The number of ketones is 1. The van der Waals surface area contributed by atoms with Gasteiger partial charge in [-0.3, -0.25) is 24.1 Å². The van der Waals surface area contributed by atoms with Crippen molar-refractivity contribution in [3.63, 3.8) is 0 Å². The van der Waals surface area contributed by atoms with Crippen LogP contribution in [0.15, 0.2) is 66.7 Å². The number of hydrogen-bond acceptors (Lipinski definition) is 5. The second-order valence-electron chi connectivity index (χ2n) is 9.76. The first kappa shape index (κ1) is 21.0. The number of imide groups is 1. The first-order chi connectivity index (χ1) is 16.5. The first-order valence-electron chi connectivity index (χ1n) is 11.9. The molecule has 1 heterocycles. The smallest absolute Gasteiger partial charge is 0.308 e. The van der Waals surface area contributed by atoms with Gasteiger partial charge in [0.05, 0.1) is 18.3 Å². The molecule has 6 atom stereocenters. The number of esters is 1. The van der Waals surface area contributed by atoms with Crippen molar-refractivity contribution < 1.29 is 23.9 Å². The Morgan fingerprint density at radius 2 is 1.41 bits per heavy atom. The minimum Gasteiger partial charge on any atom is -0.457 e. The molecule has 0 unspecified atom stereocenters. The number of allylic oxidation sites excluding steroid dienone is 2. The summed E-state index contributed by atoms with van der Waals surface area (Å²) in [6.45, 7) is -0.355. The molecule has 1 aliphatic heterocycles. The zero-order chi connectivity index (χ0) is 23.4. The number of nitrogens with zero attached hydrogens (tertiary/aromatic N) is 1. The molecule has 3 fully saturated rings. The molecule has 6 nitrogen and oxygen atoms in total. The molecule has 1 saturated heterocycles. The Hall–Kier alpha value is -3.54. The summed E-state index contributed by atoms with van der Waals surface area (Å²) in [6, 6.07) is 17.0. The van der Waals surface area contributed by atoms with E-state index in [1.807, 2.05) is 42.5 Å². The molecule has 7 rings (SSSR count). The predicted octanol–water partition coefficient (Wildman–Crippen LogP) is 3.52. The van der Waals surface area contributed by atoms with Crippen molar-refractivity contribution in [1.29, 1.82) is 0 Å². The number of ether oxygens (including phenoxy) is 1. The highest BCUT2D eigenvalue weighted by Gasteiger charge is 2.66. The van der Waals surface area contributed by atoms with Crippen molar-refractivity contribution >= 4 is 23.6 Å². The lowest BCUT2D eigenvalue weighted by molar-refractivity contribution is -0.145. The molecule has 0 spiro atoms. The van der Waals surface area contributed by atoms with E-state index in [0.717, 1.165) is 17.5 Å². The van der Waals surface area contributed by atoms with Crippen LogP contribution in [-0.4, -0.2) is 41.6 Å². The number of amides is 2. The van der Waals surface area contributed by atoms with Crippen LogP contribution in [0.1, 0.15) is 23.2 Å². The van der Waals surface area contributed by atoms with Crippen LogP contribution in [0.2, 0.25) is 0 Å². The maximum Gasteiger partial charge on any atom is 0.308 e. The number of rotatable bonds is 7. The summed E-state index contributed by atoms with van der Waals surface area (Å²) in [5.41, 5.74) is 2.51. The standard InChI is InChI=1S/C28H25NO5/c30-23(18-8-6-17(7-9-18)16-4-2-1-3-5-16)15-34-24(31)12-13-29-27(32)25-19-10-11-20(22-14-21(19)22)26(25)28(29)33/h1-11,19-22,25-26H,12-15H2/t19-,20-,21-,22+,25+,26-/m1/s1. The normalized spacial score (nSPS) is 30.2. The van der Waals surface area contributed by atoms with E-state index in [1.165, 1.54) is 4.90 Å². The van der Waals surface area contributed by atoms with Gasteiger partial charge in [-0.15, -0.1) is 0 Å².